The van der Waals surface area contributed by atoms with E-state index in [1.807, 2.05) is 4.57 Å². The Hall–Kier alpha value is -2.05. The number of hydrogen-bond donors (Lipinski definition) is 1. The molecular formula is C13H13F4N3. The summed E-state index contributed by atoms with van der Waals surface area (Å²) in [7, 11) is 0. The molecule has 2 aromatic rings. The maximum atomic E-state index is 13.1. The van der Waals surface area contributed by atoms with Crippen molar-refractivity contribution in [3.63, 3.8) is 0 Å². The maximum absolute atomic E-state index is 13.1. The Morgan fingerprint density at radius 3 is 2.70 bits per heavy atom. The van der Waals surface area contributed by atoms with E-state index in [0.29, 0.717) is 13.1 Å². The van der Waals surface area contributed by atoms with Crippen LogP contribution in [0.4, 0.5) is 23.2 Å². The van der Waals surface area contributed by atoms with Crippen LogP contribution in [0.3, 0.4) is 0 Å². The summed E-state index contributed by atoms with van der Waals surface area (Å²) in [6, 6.07) is 2.90. The Labute approximate surface area is 113 Å². The van der Waals surface area contributed by atoms with Gasteiger partial charge in [0.15, 0.2) is 0 Å². The summed E-state index contributed by atoms with van der Waals surface area (Å²) in [6.07, 6.45) is 1.16. The van der Waals surface area contributed by atoms with Crippen molar-refractivity contribution < 1.29 is 17.6 Å². The number of benzene rings is 1. The topological polar surface area (TPSA) is 29.9 Å². The van der Waals surface area contributed by atoms with Crippen molar-refractivity contribution in [1.82, 2.24) is 9.55 Å². The molecule has 0 aliphatic heterocycles. The van der Waals surface area contributed by atoms with Crippen molar-refractivity contribution in [2.45, 2.75) is 19.1 Å². The van der Waals surface area contributed by atoms with Gasteiger partial charge in [-0.1, -0.05) is 0 Å². The lowest BCUT2D eigenvalue weighted by Crippen LogP contribution is -2.10. The number of nitrogens with one attached hydrogen (secondary N) is 1. The minimum absolute atomic E-state index is 0.254. The zero-order valence-electron chi connectivity index (χ0n) is 10.5. The fraction of sp³-hybridized carbons (Fsp3) is 0.308. The van der Waals surface area contributed by atoms with Crippen molar-refractivity contribution in [3.05, 3.63) is 48.3 Å². The van der Waals surface area contributed by atoms with E-state index in [1.54, 1.807) is 18.7 Å². The van der Waals surface area contributed by atoms with Crippen LogP contribution in [0.5, 0.6) is 0 Å². The Morgan fingerprint density at radius 2 is 2.05 bits per heavy atom. The molecule has 0 saturated carbocycles. The molecule has 0 bridgehead atoms. The van der Waals surface area contributed by atoms with Gasteiger partial charge in [-0.2, -0.15) is 13.2 Å². The second-order valence-electron chi connectivity index (χ2n) is 4.27. The second kappa shape index (κ2) is 5.94. The fourth-order valence-corrected chi connectivity index (χ4v) is 1.77. The van der Waals surface area contributed by atoms with Crippen LogP contribution in [0.15, 0.2) is 36.9 Å². The Balaban J connectivity index is 1.90. The summed E-state index contributed by atoms with van der Waals surface area (Å²) in [5.74, 6) is -1.26. The first kappa shape index (κ1) is 14.4. The highest BCUT2D eigenvalue weighted by molar-refractivity contribution is 5.47. The molecule has 3 nitrogen and oxygen atoms in total. The van der Waals surface area contributed by atoms with Crippen LogP contribution < -0.4 is 5.32 Å². The van der Waals surface area contributed by atoms with Crippen LogP contribution in [-0.2, 0) is 12.7 Å². The van der Waals surface area contributed by atoms with Gasteiger partial charge in [0.05, 0.1) is 11.9 Å². The summed E-state index contributed by atoms with van der Waals surface area (Å²) in [5.41, 5.74) is -0.999. The number of rotatable bonds is 5. The van der Waals surface area contributed by atoms with Crippen molar-refractivity contribution >= 4 is 5.69 Å². The third-order valence-electron chi connectivity index (χ3n) is 2.75. The number of anilines is 1. The Kier molecular flexibility index (Phi) is 4.26. The van der Waals surface area contributed by atoms with E-state index in [0.717, 1.165) is 18.6 Å². The molecule has 0 saturated heterocycles. The first-order valence-electron chi connectivity index (χ1n) is 6.03. The minimum atomic E-state index is -4.68. The molecule has 2 rings (SSSR count). The summed E-state index contributed by atoms with van der Waals surface area (Å²) in [5, 5.41) is 2.85. The van der Waals surface area contributed by atoms with E-state index in [2.05, 4.69) is 10.3 Å². The zero-order valence-corrected chi connectivity index (χ0v) is 10.5. The predicted molar refractivity (Wildman–Crippen MR) is 66.7 cm³/mol. The smallest absolute Gasteiger partial charge is 0.385 e. The highest BCUT2D eigenvalue weighted by Crippen LogP contribution is 2.32. The SMILES string of the molecule is Fc1ccc(NCCCn2ccnc2)cc1C(F)(F)F. The van der Waals surface area contributed by atoms with Gasteiger partial charge in [-0.05, 0) is 24.6 Å². The predicted octanol–water partition coefficient (Wildman–Crippen LogP) is 3.54. The fourth-order valence-electron chi connectivity index (χ4n) is 1.77. The summed E-state index contributed by atoms with van der Waals surface area (Å²) in [6.45, 7) is 1.20. The molecule has 0 spiro atoms. The molecule has 7 heteroatoms. The van der Waals surface area contributed by atoms with E-state index in [4.69, 9.17) is 0 Å². The number of aryl methyl sites for hydroxylation is 1. The molecule has 0 fully saturated rings. The van der Waals surface area contributed by atoms with E-state index >= 15 is 0 Å². The van der Waals surface area contributed by atoms with Gasteiger partial charge in [-0.3, -0.25) is 0 Å². The van der Waals surface area contributed by atoms with Crippen LogP contribution in [0.1, 0.15) is 12.0 Å². The number of aromatic nitrogens is 2. The van der Waals surface area contributed by atoms with E-state index < -0.39 is 17.6 Å². The van der Waals surface area contributed by atoms with Gasteiger partial charge in [0.2, 0.25) is 0 Å². The van der Waals surface area contributed by atoms with E-state index in [1.165, 1.54) is 6.07 Å². The summed E-state index contributed by atoms with van der Waals surface area (Å²) in [4.78, 5) is 3.88. The van der Waals surface area contributed by atoms with Gasteiger partial charge in [0.25, 0.3) is 0 Å². The lowest BCUT2D eigenvalue weighted by Gasteiger charge is -2.11. The van der Waals surface area contributed by atoms with Gasteiger partial charge in [0, 0.05) is 31.2 Å². The molecule has 0 aliphatic rings. The number of halogens is 4. The largest absolute Gasteiger partial charge is 0.419 e. The van der Waals surface area contributed by atoms with Crippen LogP contribution in [0.2, 0.25) is 0 Å². The zero-order chi connectivity index (χ0) is 14.6. The lowest BCUT2D eigenvalue weighted by atomic mass is 10.2. The third-order valence-corrected chi connectivity index (χ3v) is 2.75. The standard InChI is InChI=1S/C13H13F4N3/c14-12-3-2-10(8-11(12)13(15,16)17)19-4-1-6-20-7-5-18-9-20/h2-3,5,7-9,19H,1,4,6H2. The molecular weight excluding hydrogens is 274 g/mol. The molecule has 0 radical (unpaired) electrons. The first-order chi connectivity index (χ1) is 9.47. The monoisotopic (exact) mass is 287 g/mol. The summed E-state index contributed by atoms with van der Waals surface area (Å²) >= 11 is 0. The lowest BCUT2D eigenvalue weighted by molar-refractivity contribution is -0.139. The third kappa shape index (κ3) is 3.72. The molecule has 0 unspecified atom stereocenters. The number of alkyl halides is 3. The minimum Gasteiger partial charge on any atom is -0.385 e. The number of nitrogens with zero attached hydrogens (tertiary/aromatic N) is 2. The van der Waals surface area contributed by atoms with E-state index in [-0.39, 0.29) is 5.69 Å². The molecule has 20 heavy (non-hydrogen) atoms. The average Bonchev–Trinajstić information content (AvgIpc) is 2.88. The van der Waals surface area contributed by atoms with Crippen molar-refractivity contribution in [3.8, 4) is 0 Å². The molecule has 0 aliphatic carbocycles. The number of hydrogen-bond acceptors (Lipinski definition) is 2. The van der Waals surface area contributed by atoms with Crippen LogP contribution in [0.25, 0.3) is 0 Å². The quantitative estimate of drug-likeness (QED) is 0.673. The van der Waals surface area contributed by atoms with Crippen molar-refractivity contribution in [2.75, 3.05) is 11.9 Å². The first-order valence-corrected chi connectivity index (χ1v) is 6.03. The molecule has 1 N–H and O–H groups in total. The van der Waals surface area contributed by atoms with Gasteiger partial charge < -0.3 is 9.88 Å². The molecule has 1 heterocycles. The molecule has 0 amide bonds. The Morgan fingerprint density at radius 1 is 1.25 bits per heavy atom. The van der Waals surface area contributed by atoms with Gasteiger partial charge in [-0.15, -0.1) is 0 Å². The molecule has 0 atom stereocenters. The van der Waals surface area contributed by atoms with Crippen molar-refractivity contribution in [2.24, 2.45) is 0 Å². The molecule has 108 valence electrons. The van der Waals surface area contributed by atoms with Gasteiger partial charge in [-0.25, -0.2) is 9.37 Å². The van der Waals surface area contributed by atoms with E-state index in [9.17, 15) is 17.6 Å². The maximum Gasteiger partial charge on any atom is 0.419 e. The Bertz CT molecular complexity index is 549. The van der Waals surface area contributed by atoms with Crippen LogP contribution in [0, 0.1) is 5.82 Å². The van der Waals surface area contributed by atoms with Crippen molar-refractivity contribution in [1.29, 1.82) is 0 Å². The van der Waals surface area contributed by atoms with Crippen LogP contribution >= 0.6 is 0 Å². The van der Waals surface area contributed by atoms with Gasteiger partial charge in [0.1, 0.15) is 5.82 Å². The molecule has 1 aromatic carbocycles. The number of imidazole rings is 1. The second-order valence-corrected chi connectivity index (χ2v) is 4.27. The highest BCUT2D eigenvalue weighted by Gasteiger charge is 2.34. The molecule has 1 aromatic heterocycles. The highest BCUT2D eigenvalue weighted by atomic mass is 19.4. The average molecular weight is 287 g/mol. The van der Waals surface area contributed by atoms with Gasteiger partial charge >= 0.3 is 6.18 Å². The van der Waals surface area contributed by atoms with Crippen LogP contribution in [-0.4, -0.2) is 16.1 Å². The normalized spacial score (nSPS) is 11.6. The summed E-state index contributed by atoms with van der Waals surface area (Å²) < 4.78 is 52.5.